The lowest BCUT2D eigenvalue weighted by molar-refractivity contribution is -0.124. The monoisotopic (exact) mass is 459 g/mol. The summed E-state index contributed by atoms with van der Waals surface area (Å²) in [4.78, 5) is 39.1. The molecule has 34 heavy (non-hydrogen) atoms. The number of nitrogens with one attached hydrogen (secondary N) is 2. The first-order valence-corrected chi connectivity index (χ1v) is 11.2. The van der Waals surface area contributed by atoms with E-state index >= 15 is 0 Å². The highest BCUT2D eigenvalue weighted by Gasteiger charge is 2.18. The molecule has 3 aromatic rings. The number of nitrogens with zero attached hydrogens (tertiary/aromatic N) is 1. The van der Waals surface area contributed by atoms with Crippen LogP contribution in [0.5, 0.6) is 5.75 Å². The zero-order valence-electron chi connectivity index (χ0n) is 19.4. The van der Waals surface area contributed by atoms with Crippen LogP contribution < -0.4 is 15.4 Å². The first-order valence-electron chi connectivity index (χ1n) is 11.2. The molecule has 2 N–H and O–H groups in total. The van der Waals surface area contributed by atoms with E-state index in [0.29, 0.717) is 30.0 Å². The number of benzene rings is 3. The van der Waals surface area contributed by atoms with Crippen LogP contribution in [0.2, 0.25) is 0 Å². The van der Waals surface area contributed by atoms with Gasteiger partial charge in [-0.1, -0.05) is 49.4 Å². The first-order chi connectivity index (χ1) is 16.5. The second kappa shape index (κ2) is 12.2. The van der Waals surface area contributed by atoms with E-state index in [9.17, 15) is 14.4 Å². The third kappa shape index (κ3) is 6.93. The fourth-order valence-electron chi connectivity index (χ4n) is 3.43. The number of hydrogen-bond donors (Lipinski definition) is 2. The van der Waals surface area contributed by atoms with Crippen molar-refractivity contribution in [1.29, 1.82) is 0 Å². The maximum atomic E-state index is 13.0. The van der Waals surface area contributed by atoms with Crippen LogP contribution in [0.1, 0.15) is 23.7 Å². The van der Waals surface area contributed by atoms with E-state index in [1.165, 1.54) is 4.90 Å². The molecule has 0 aliphatic heterocycles. The van der Waals surface area contributed by atoms with Gasteiger partial charge in [0.05, 0.1) is 20.2 Å². The van der Waals surface area contributed by atoms with Crippen LogP contribution in [0.4, 0.5) is 5.69 Å². The summed E-state index contributed by atoms with van der Waals surface area (Å²) in [6.45, 7) is 2.07. The molecule has 3 amide bonds. The van der Waals surface area contributed by atoms with Crippen molar-refractivity contribution >= 4 is 23.4 Å². The van der Waals surface area contributed by atoms with Crippen LogP contribution in [0.25, 0.3) is 11.1 Å². The molecule has 7 nitrogen and oxygen atoms in total. The summed E-state index contributed by atoms with van der Waals surface area (Å²) in [7, 11) is 1.56. The molecule has 7 heteroatoms. The Morgan fingerprint density at radius 3 is 2.09 bits per heavy atom. The van der Waals surface area contributed by atoms with Gasteiger partial charge in [-0.2, -0.15) is 0 Å². The molecule has 0 aromatic heterocycles. The van der Waals surface area contributed by atoms with Gasteiger partial charge in [-0.3, -0.25) is 14.4 Å². The fourth-order valence-corrected chi connectivity index (χ4v) is 3.43. The third-order valence-electron chi connectivity index (χ3n) is 5.17. The van der Waals surface area contributed by atoms with Crippen LogP contribution in [0, 0.1) is 0 Å². The van der Waals surface area contributed by atoms with Gasteiger partial charge < -0.3 is 20.3 Å². The average molecular weight is 460 g/mol. The Kier molecular flexibility index (Phi) is 8.80. The minimum Gasteiger partial charge on any atom is -0.497 e. The highest BCUT2D eigenvalue weighted by molar-refractivity contribution is 5.98. The molecule has 3 aromatic carbocycles. The second-order valence-corrected chi connectivity index (χ2v) is 7.72. The number of ether oxygens (including phenoxy) is 1. The van der Waals surface area contributed by atoms with E-state index in [-0.39, 0.29) is 24.9 Å². The molecule has 0 radical (unpaired) electrons. The molecule has 0 heterocycles. The lowest BCUT2D eigenvalue weighted by Crippen LogP contribution is -2.43. The van der Waals surface area contributed by atoms with E-state index in [1.807, 2.05) is 49.4 Å². The van der Waals surface area contributed by atoms with E-state index < -0.39 is 5.91 Å². The molecule has 0 fully saturated rings. The van der Waals surface area contributed by atoms with Gasteiger partial charge in [0, 0.05) is 17.8 Å². The summed E-state index contributed by atoms with van der Waals surface area (Å²) in [5, 5.41) is 5.29. The summed E-state index contributed by atoms with van der Waals surface area (Å²) in [6.07, 6.45) is 0.707. The maximum absolute atomic E-state index is 13.0. The minimum absolute atomic E-state index is 0.122. The van der Waals surface area contributed by atoms with Gasteiger partial charge in [0.25, 0.3) is 5.91 Å². The zero-order chi connectivity index (χ0) is 24.3. The highest BCUT2D eigenvalue weighted by Crippen LogP contribution is 2.20. The second-order valence-electron chi connectivity index (χ2n) is 7.72. The van der Waals surface area contributed by atoms with Gasteiger partial charge in [0.15, 0.2) is 0 Å². The van der Waals surface area contributed by atoms with E-state index in [2.05, 4.69) is 10.6 Å². The molecule has 0 aliphatic rings. The predicted molar refractivity (Wildman–Crippen MR) is 133 cm³/mol. The van der Waals surface area contributed by atoms with Crippen LogP contribution in [-0.4, -0.2) is 49.4 Å². The third-order valence-corrected chi connectivity index (χ3v) is 5.17. The van der Waals surface area contributed by atoms with Crippen LogP contribution in [0.3, 0.4) is 0 Å². The van der Waals surface area contributed by atoms with Crippen molar-refractivity contribution in [2.45, 2.75) is 13.3 Å². The standard InChI is InChI=1S/C27H29N3O4/c1-3-17-30(27(33)22-11-9-21(10-12-22)20-7-5-4-6-8-20)19-26(32)28-18-25(31)29-23-13-15-24(34-2)16-14-23/h4-16H,3,17-19H2,1-2H3,(H,28,32)(H,29,31). The average Bonchev–Trinajstić information content (AvgIpc) is 2.88. The Balaban J connectivity index is 1.54. The summed E-state index contributed by atoms with van der Waals surface area (Å²) < 4.78 is 5.09. The molecule has 3 rings (SSSR count). The van der Waals surface area contributed by atoms with Gasteiger partial charge in [-0.25, -0.2) is 0 Å². The Labute approximate surface area is 199 Å². The smallest absolute Gasteiger partial charge is 0.254 e. The molecule has 0 unspecified atom stereocenters. The van der Waals surface area contributed by atoms with Gasteiger partial charge in [-0.15, -0.1) is 0 Å². The summed E-state index contributed by atoms with van der Waals surface area (Å²) in [5.74, 6) is -0.294. The van der Waals surface area contributed by atoms with Crippen molar-refractivity contribution < 1.29 is 19.1 Å². The Hall–Kier alpha value is -4.13. The Morgan fingerprint density at radius 2 is 1.47 bits per heavy atom. The van der Waals surface area contributed by atoms with Crippen LogP contribution in [0.15, 0.2) is 78.9 Å². The van der Waals surface area contributed by atoms with Crippen molar-refractivity contribution in [3.8, 4) is 16.9 Å². The Bertz CT molecular complexity index is 1100. The Morgan fingerprint density at radius 1 is 0.824 bits per heavy atom. The summed E-state index contributed by atoms with van der Waals surface area (Å²) in [5.41, 5.74) is 3.19. The SMILES string of the molecule is CCCN(CC(=O)NCC(=O)Nc1ccc(OC)cc1)C(=O)c1ccc(-c2ccccc2)cc1. The summed E-state index contributed by atoms with van der Waals surface area (Å²) in [6, 6.07) is 24.1. The fraction of sp³-hybridized carbons (Fsp3) is 0.222. The van der Waals surface area contributed by atoms with Crippen molar-refractivity contribution in [2.75, 3.05) is 32.1 Å². The quantitative estimate of drug-likeness (QED) is 0.480. The van der Waals surface area contributed by atoms with Crippen molar-refractivity contribution in [3.05, 3.63) is 84.4 Å². The topological polar surface area (TPSA) is 87.7 Å². The largest absolute Gasteiger partial charge is 0.497 e. The van der Waals surface area contributed by atoms with Crippen LogP contribution >= 0.6 is 0 Å². The number of hydrogen-bond acceptors (Lipinski definition) is 4. The molecule has 0 spiro atoms. The predicted octanol–water partition coefficient (Wildman–Crippen LogP) is 3.97. The van der Waals surface area contributed by atoms with Crippen LogP contribution in [-0.2, 0) is 9.59 Å². The molecular formula is C27H29N3O4. The normalized spacial score (nSPS) is 10.3. The first kappa shape index (κ1) is 24.5. The van der Waals surface area contributed by atoms with Crippen molar-refractivity contribution in [2.24, 2.45) is 0 Å². The molecule has 0 bridgehead atoms. The maximum Gasteiger partial charge on any atom is 0.254 e. The molecule has 176 valence electrons. The molecule has 0 saturated carbocycles. The van der Waals surface area contributed by atoms with E-state index in [0.717, 1.165) is 11.1 Å². The minimum atomic E-state index is -0.396. The summed E-state index contributed by atoms with van der Waals surface area (Å²) >= 11 is 0. The number of anilines is 1. The molecule has 0 saturated heterocycles. The highest BCUT2D eigenvalue weighted by atomic mass is 16.5. The molecular weight excluding hydrogens is 430 g/mol. The van der Waals surface area contributed by atoms with Gasteiger partial charge in [0.1, 0.15) is 5.75 Å². The van der Waals surface area contributed by atoms with Gasteiger partial charge in [0.2, 0.25) is 11.8 Å². The molecule has 0 atom stereocenters. The van der Waals surface area contributed by atoms with Gasteiger partial charge >= 0.3 is 0 Å². The molecule has 0 aliphatic carbocycles. The van der Waals surface area contributed by atoms with E-state index in [4.69, 9.17) is 4.74 Å². The zero-order valence-corrected chi connectivity index (χ0v) is 19.4. The van der Waals surface area contributed by atoms with Crippen molar-refractivity contribution in [1.82, 2.24) is 10.2 Å². The number of carbonyl (C=O) groups is 3. The number of methoxy groups -OCH3 is 1. The number of amides is 3. The van der Waals surface area contributed by atoms with Gasteiger partial charge in [-0.05, 0) is 53.9 Å². The number of rotatable bonds is 10. The van der Waals surface area contributed by atoms with E-state index in [1.54, 1.807) is 43.5 Å². The number of carbonyl (C=O) groups excluding carboxylic acids is 3. The lowest BCUT2D eigenvalue weighted by atomic mass is 10.0. The van der Waals surface area contributed by atoms with Crippen molar-refractivity contribution in [3.63, 3.8) is 0 Å². The lowest BCUT2D eigenvalue weighted by Gasteiger charge is -2.22.